The summed E-state index contributed by atoms with van der Waals surface area (Å²) in [4.78, 5) is 0.353. The van der Waals surface area contributed by atoms with Gasteiger partial charge in [-0.3, -0.25) is 0 Å². The van der Waals surface area contributed by atoms with Crippen molar-refractivity contribution in [2.75, 3.05) is 13.1 Å². The smallest absolute Gasteiger partial charge is 0.240 e. The Morgan fingerprint density at radius 3 is 2.45 bits per heavy atom. The minimum absolute atomic E-state index is 0.353. The van der Waals surface area contributed by atoms with Gasteiger partial charge in [-0.15, -0.1) is 0 Å². The summed E-state index contributed by atoms with van der Waals surface area (Å²) >= 11 is 0. The first-order valence-corrected chi connectivity index (χ1v) is 8.92. The van der Waals surface area contributed by atoms with Crippen molar-refractivity contribution < 1.29 is 8.42 Å². The lowest BCUT2D eigenvalue weighted by Crippen LogP contribution is -2.24. The summed E-state index contributed by atoms with van der Waals surface area (Å²) in [6.45, 7) is 3.47. The molecule has 0 spiro atoms. The van der Waals surface area contributed by atoms with E-state index in [0.29, 0.717) is 11.4 Å². The minimum atomic E-state index is -3.33. The van der Waals surface area contributed by atoms with Crippen molar-refractivity contribution in [2.45, 2.75) is 50.0 Å². The maximum absolute atomic E-state index is 11.9. The summed E-state index contributed by atoms with van der Waals surface area (Å²) in [6.07, 6.45) is 5.51. The number of aryl methyl sites for hydroxylation is 1. The van der Waals surface area contributed by atoms with Crippen LogP contribution in [-0.2, 0) is 16.4 Å². The number of hydrogen-bond acceptors (Lipinski definition) is 3. The van der Waals surface area contributed by atoms with Crippen LogP contribution in [0.5, 0.6) is 0 Å². The van der Waals surface area contributed by atoms with Crippen LogP contribution in [0.1, 0.15) is 38.2 Å². The maximum Gasteiger partial charge on any atom is 0.240 e. The lowest BCUT2D eigenvalue weighted by atomic mass is 10.1. The Bertz CT molecular complexity index is 507. The zero-order valence-corrected chi connectivity index (χ0v) is 12.9. The molecule has 0 saturated heterocycles. The summed E-state index contributed by atoms with van der Waals surface area (Å²) in [5.74, 6) is 0. The fourth-order valence-corrected chi connectivity index (χ4v) is 3.18. The van der Waals surface area contributed by atoms with Crippen molar-refractivity contribution in [3.8, 4) is 0 Å². The first-order chi connectivity index (χ1) is 9.62. The van der Waals surface area contributed by atoms with Gasteiger partial charge in [0.1, 0.15) is 0 Å². The molecule has 1 aliphatic rings. The molecule has 1 aliphatic carbocycles. The van der Waals surface area contributed by atoms with Gasteiger partial charge in [0.2, 0.25) is 10.0 Å². The quantitative estimate of drug-likeness (QED) is 0.686. The van der Waals surface area contributed by atoms with Crippen molar-refractivity contribution in [2.24, 2.45) is 0 Å². The monoisotopic (exact) mass is 296 g/mol. The zero-order valence-electron chi connectivity index (χ0n) is 12.1. The fourth-order valence-electron chi connectivity index (χ4n) is 2.04. The van der Waals surface area contributed by atoms with Gasteiger partial charge < -0.3 is 5.32 Å². The minimum Gasteiger partial charge on any atom is -0.314 e. The van der Waals surface area contributed by atoms with E-state index in [1.54, 1.807) is 12.1 Å². The highest BCUT2D eigenvalue weighted by Gasteiger charge is 2.19. The van der Waals surface area contributed by atoms with E-state index in [-0.39, 0.29) is 0 Å². The molecule has 2 rings (SSSR count). The van der Waals surface area contributed by atoms with Crippen molar-refractivity contribution in [3.05, 3.63) is 29.8 Å². The fraction of sp³-hybridized carbons (Fsp3) is 0.600. The molecule has 20 heavy (non-hydrogen) atoms. The molecule has 0 amide bonds. The molecule has 5 heteroatoms. The number of benzene rings is 1. The average molecular weight is 296 g/mol. The van der Waals surface area contributed by atoms with Crippen LogP contribution >= 0.6 is 0 Å². The SMILES string of the molecule is CCCNS(=O)(=O)c1ccc(CCCNC2CC2)cc1. The van der Waals surface area contributed by atoms with Crippen LogP contribution in [0.2, 0.25) is 0 Å². The molecule has 0 unspecified atom stereocenters. The van der Waals surface area contributed by atoms with Gasteiger partial charge in [0.25, 0.3) is 0 Å². The number of sulfonamides is 1. The Labute approximate surface area is 122 Å². The third-order valence-electron chi connectivity index (χ3n) is 3.43. The average Bonchev–Trinajstić information content (AvgIpc) is 3.26. The third kappa shape index (κ3) is 4.89. The molecule has 0 heterocycles. The van der Waals surface area contributed by atoms with Crippen LogP contribution in [0.25, 0.3) is 0 Å². The molecule has 2 N–H and O–H groups in total. The van der Waals surface area contributed by atoms with Crippen LogP contribution in [0.15, 0.2) is 29.2 Å². The Hall–Kier alpha value is -0.910. The zero-order chi connectivity index (χ0) is 14.4. The van der Waals surface area contributed by atoms with Gasteiger partial charge in [0.15, 0.2) is 0 Å². The Balaban J connectivity index is 1.81. The number of nitrogens with one attached hydrogen (secondary N) is 2. The summed E-state index contributed by atoms with van der Waals surface area (Å²) in [5.41, 5.74) is 1.19. The van der Waals surface area contributed by atoms with Crippen LogP contribution in [0, 0.1) is 0 Å². The normalized spacial score (nSPS) is 15.4. The molecular formula is C15H24N2O2S. The van der Waals surface area contributed by atoms with Gasteiger partial charge >= 0.3 is 0 Å². The van der Waals surface area contributed by atoms with E-state index >= 15 is 0 Å². The highest BCUT2D eigenvalue weighted by molar-refractivity contribution is 7.89. The predicted octanol–water partition coefficient (Wildman–Crippen LogP) is 2.06. The standard InChI is InChI=1S/C15H24N2O2S/c1-2-11-17-20(18,19)15-9-5-13(6-10-15)4-3-12-16-14-7-8-14/h5-6,9-10,14,16-17H,2-4,7-8,11-12H2,1H3. The molecule has 4 nitrogen and oxygen atoms in total. The van der Waals surface area contributed by atoms with Gasteiger partial charge in [-0.1, -0.05) is 19.1 Å². The van der Waals surface area contributed by atoms with Crippen LogP contribution in [-0.4, -0.2) is 27.5 Å². The van der Waals surface area contributed by atoms with E-state index in [1.165, 1.54) is 18.4 Å². The van der Waals surface area contributed by atoms with Crippen LogP contribution in [0.3, 0.4) is 0 Å². The molecule has 112 valence electrons. The summed E-state index contributed by atoms with van der Waals surface area (Å²) in [7, 11) is -3.33. The first kappa shape index (κ1) is 15.5. The van der Waals surface area contributed by atoms with E-state index in [1.807, 2.05) is 19.1 Å². The van der Waals surface area contributed by atoms with Gasteiger partial charge in [-0.2, -0.15) is 0 Å². The lowest BCUT2D eigenvalue weighted by Gasteiger charge is -2.07. The summed E-state index contributed by atoms with van der Waals surface area (Å²) in [5, 5.41) is 3.48. The molecule has 0 aliphatic heterocycles. The van der Waals surface area contributed by atoms with E-state index in [9.17, 15) is 8.42 Å². The van der Waals surface area contributed by atoms with Crippen LogP contribution in [0.4, 0.5) is 0 Å². The van der Waals surface area contributed by atoms with E-state index in [4.69, 9.17) is 0 Å². The van der Waals surface area contributed by atoms with E-state index in [2.05, 4.69) is 10.0 Å². The molecular weight excluding hydrogens is 272 g/mol. The van der Waals surface area contributed by atoms with Gasteiger partial charge in [0.05, 0.1) is 4.90 Å². The second kappa shape index (κ2) is 7.20. The largest absolute Gasteiger partial charge is 0.314 e. The molecule has 0 atom stereocenters. The Morgan fingerprint density at radius 1 is 1.15 bits per heavy atom. The molecule has 1 fully saturated rings. The first-order valence-electron chi connectivity index (χ1n) is 7.44. The van der Waals surface area contributed by atoms with Gasteiger partial charge in [0, 0.05) is 12.6 Å². The predicted molar refractivity (Wildman–Crippen MR) is 81.3 cm³/mol. The second-order valence-electron chi connectivity index (χ2n) is 5.37. The number of hydrogen-bond donors (Lipinski definition) is 2. The number of rotatable bonds is 9. The highest BCUT2D eigenvalue weighted by Crippen LogP contribution is 2.18. The molecule has 0 radical (unpaired) electrons. The second-order valence-corrected chi connectivity index (χ2v) is 7.14. The Morgan fingerprint density at radius 2 is 1.85 bits per heavy atom. The molecule has 1 aromatic rings. The molecule has 0 aromatic heterocycles. The van der Waals surface area contributed by atoms with Crippen molar-refractivity contribution >= 4 is 10.0 Å². The van der Waals surface area contributed by atoms with Crippen LogP contribution < -0.4 is 10.0 Å². The van der Waals surface area contributed by atoms with Gasteiger partial charge in [-0.25, -0.2) is 13.1 Å². The van der Waals surface area contributed by atoms with E-state index in [0.717, 1.165) is 31.8 Å². The molecule has 0 bridgehead atoms. The summed E-state index contributed by atoms with van der Waals surface area (Å²) < 4.78 is 26.4. The van der Waals surface area contributed by atoms with E-state index < -0.39 is 10.0 Å². The van der Waals surface area contributed by atoms with Crippen molar-refractivity contribution in [3.63, 3.8) is 0 Å². The maximum atomic E-state index is 11.9. The third-order valence-corrected chi connectivity index (χ3v) is 4.91. The van der Waals surface area contributed by atoms with Gasteiger partial charge in [-0.05, 0) is 56.3 Å². The highest BCUT2D eigenvalue weighted by atomic mass is 32.2. The summed E-state index contributed by atoms with van der Waals surface area (Å²) in [6, 6.07) is 7.98. The molecule has 1 aromatic carbocycles. The Kier molecular flexibility index (Phi) is 5.57. The topological polar surface area (TPSA) is 58.2 Å². The van der Waals surface area contributed by atoms with Crippen molar-refractivity contribution in [1.82, 2.24) is 10.0 Å². The van der Waals surface area contributed by atoms with Crippen molar-refractivity contribution in [1.29, 1.82) is 0 Å². The molecule has 1 saturated carbocycles. The lowest BCUT2D eigenvalue weighted by molar-refractivity contribution is 0.580.